The molecule has 0 bridgehead atoms. The zero-order chi connectivity index (χ0) is 15.8. The number of hydrazine groups is 1. The van der Waals surface area contributed by atoms with Crippen LogP contribution in [0, 0.1) is 6.92 Å². The molecule has 1 aromatic carbocycles. The lowest BCUT2D eigenvalue weighted by atomic mass is 10.2. The molecule has 0 aliphatic carbocycles. The van der Waals surface area contributed by atoms with Crippen molar-refractivity contribution >= 4 is 40.0 Å². The van der Waals surface area contributed by atoms with Crippen molar-refractivity contribution < 1.29 is 18.3 Å². The Morgan fingerprint density at radius 2 is 2.05 bits per heavy atom. The number of nitrogens with zero attached hydrogens (tertiary/aromatic N) is 1. The number of halogens is 4. The highest BCUT2D eigenvalue weighted by atomic mass is 35.5. The van der Waals surface area contributed by atoms with E-state index in [1.165, 1.54) is 11.5 Å². The van der Waals surface area contributed by atoms with Gasteiger partial charge in [-0.05, 0) is 25.1 Å². The first-order valence-corrected chi connectivity index (χ1v) is 6.35. The number of rotatable bonds is 3. The van der Waals surface area contributed by atoms with Crippen molar-refractivity contribution in [3.63, 3.8) is 0 Å². The maximum atomic E-state index is 13.6. The van der Waals surface area contributed by atoms with Crippen molar-refractivity contribution in [2.24, 2.45) is 5.84 Å². The van der Waals surface area contributed by atoms with Crippen molar-refractivity contribution in [1.29, 1.82) is 0 Å². The molecule has 0 saturated heterocycles. The molecule has 3 N–H and O–H groups in total. The molecule has 0 aliphatic rings. The number of alkyl halides is 2. The molecule has 5 nitrogen and oxygen atoms in total. The zero-order valence-electron chi connectivity index (χ0n) is 10.6. The fourth-order valence-electron chi connectivity index (χ4n) is 1.65. The van der Waals surface area contributed by atoms with Crippen molar-refractivity contribution in [2.75, 3.05) is 0 Å². The van der Waals surface area contributed by atoms with Crippen LogP contribution >= 0.6 is 23.2 Å². The Balaban J connectivity index is 2.63. The second-order valence-electron chi connectivity index (χ2n) is 4.11. The van der Waals surface area contributed by atoms with Gasteiger partial charge in [-0.15, -0.1) is 0 Å². The molecular formula is C12H9Cl2F2N3O2. The number of fused-ring (bicyclic) bond motifs is 1. The molecule has 0 fully saturated rings. The number of nitrogens with two attached hydrogens (primary N) is 1. The van der Waals surface area contributed by atoms with E-state index >= 15 is 0 Å². The molecule has 2 rings (SSSR count). The van der Waals surface area contributed by atoms with Crippen molar-refractivity contribution in [3.8, 4) is 5.75 Å². The number of aromatic nitrogens is 1. The molecule has 9 heteroatoms. The normalized spacial score (nSPS) is 11.5. The topological polar surface area (TPSA) is 77.2 Å². The summed E-state index contributed by atoms with van der Waals surface area (Å²) in [6, 6.07) is 4.47. The van der Waals surface area contributed by atoms with Gasteiger partial charge in [-0.1, -0.05) is 23.2 Å². The van der Waals surface area contributed by atoms with E-state index in [9.17, 15) is 13.6 Å². The molecule has 2 aromatic rings. The highest BCUT2D eigenvalue weighted by molar-refractivity contribution is 6.39. The summed E-state index contributed by atoms with van der Waals surface area (Å²) in [6.07, 6.45) is -4.20. The van der Waals surface area contributed by atoms with Crippen LogP contribution in [0.5, 0.6) is 5.75 Å². The molecule has 1 amide bonds. The third-order valence-electron chi connectivity index (χ3n) is 2.60. The lowest BCUT2D eigenvalue weighted by Crippen LogP contribution is -2.47. The molecule has 0 aliphatic heterocycles. The average molecular weight is 336 g/mol. The Morgan fingerprint density at radius 1 is 1.38 bits per heavy atom. The Labute approximate surface area is 128 Å². The van der Waals surface area contributed by atoms with Crippen LogP contribution in [0.15, 0.2) is 18.2 Å². The van der Waals surface area contributed by atoms with Gasteiger partial charge in [0.15, 0.2) is 5.75 Å². The zero-order valence-corrected chi connectivity index (χ0v) is 12.1. The van der Waals surface area contributed by atoms with Crippen molar-refractivity contribution in [3.05, 3.63) is 33.9 Å². The molecule has 0 saturated carbocycles. The molecule has 0 unspecified atom stereocenters. The second-order valence-corrected chi connectivity index (χ2v) is 4.92. The number of carbonyl (C=O) groups is 1. The molecule has 0 atom stereocenters. The summed E-state index contributed by atoms with van der Waals surface area (Å²) < 4.78 is 31.6. The summed E-state index contributed by atoms with van der Waals surface area (Å²) >= 11 is 11.8. The second kappa shape index (κ2) is 5.59. The van der Waals surface area contributed by atoms with Gasteiger partial charge in [0, 0.05) is 11.1 Å². The van der Waals surface area contributed by atoms with E-state index in [2.05, 4.69) is 15.6 Å². The molecule has 21 heavy (non-hydrogen) atoms. The maximum Gasteiger partial charge on any atom is 0.483 e. The van der Waals surface area contributed by atoms with Crippen LogP contribution in [0.1, 0.15) is 5.69 Å². The van der Waals surface area contributed by atoms with Gasteiger partial charge in [0.2, 0.25) is 0 Å². The maximum absolute atomic E-state index is 13.6. The van der Waals surface area contributed by atoms with E-state index in [4.69, 9.17) is 23.2 Å². The molecule has 0 spiro atoms. The summed E-state index contributed by atoms with van der Waals surface area (Å²) in [6.45, 7) is 1.66. The van der Waals surface area contributed by atoms with Crippen molar-refractivity contribution in [2.45, 2.75) is 13.0 Å². The highest BCUT2D eigenvalue weighted by Gasteiger charge is 2.43. The van der Waals surface area contributed by atoms with E-state index in [0.717, 1.165) is 0 Å². The van der Waals surface area contributed by atoms with Gasteiger partial charge in [-0.3, -0.25) is 10.2 Å². The highest BCUT2D eigenvalue weighted by Crippen LogP contribution is 2.39. The molecular weight excluding hydrogens is 327 g/mol. The average Bonchev–Trinajstić information content (AvgIpc) is 2.42. The minimum absolute atomic E-state index is 0.0250. The van der Waals surface area contributed by atoms with Crippen LogP contribution in [0.4, 0.5) is 8.78 Å². The predicted octanol–water partition coefficient (Wildman–Crippen LogP) is 2.81. The molecule has 0 radical (unpaired) electrons. The molecule has 112 valence electrons. The molecule has 1 aromatic heterocycles. The number of nitrogens with one attached hydrogen (secondary N) is 1. The Bertz CT molecular complexity index is 725. The summed E-state index contributed by atoms with van der Waals surface area (Å²) in [5.41, 5.74) is 1.88. The van der Waals surface area contributed by atoms with E-state index in [0.29, 0.717) is 11.1 Å². The number of ether oxygens (including phenoxy) is 1. The number of amides is 1. The van der Waals surface area contributed by atoms with Crippen LogP contribution in [0.3, 0.4) is 0 Å². The van der Waals surface area contributed by atoms with Gasteiger partial charge < -0.3 is 4.74 Å². The van der Waals surface area contributed by atoms with Gasteiger partial charge in [0.1, 0.15) is 5.52 Å². The lowest BCUT2D eigenvalue weighted by molar-refractivity contribution is -0.192. The van der Waals surface area contributed by atoms with Crippen LogP contribution in [0.2, 0.25) is 10.0 Å². The smallest absolute Gasteiger partial charge is 0.421 e. The Morgan fingerprint density at radius 3 is 2.67 bits per heavy atom. The fourth-order valence-corrected chi connectivity index (χ4v) is 2.20. The minimum atomic E-state index is -4.20. The summed E-state index contributed by atoms with van der Waals surface area (Å²) in [7, 11) is 0. The first kappa shape index (κ1) is 15.7. The van der Waals surface area contributed by atoms with Crippen LogP contribution < -0.4 is 16.0 Å². The third kappa shape index (κ3) is 2.99. The predicted molar refractivity (Wildman–Crippen MR) is 74.4 cm³/mol. The van der Waals surface area contributed by atoms with Gasteiger partial charge >= 0.3 is 12.0 Å². The van der Waals surface area contributed by atoms with Crippen LogP contribution in [0.25, 0.3) is 10.9 Å². The number of hydrogen-bond acceptors (Lipinski definition) is 4. The first-order chi connectivity index (χ1) is 9.76. The third-order valence-corrected chi connectivity index (χ3v) is 3.20. The van der Waals surface area contributed by atoms with E-state index in [-0.39, 0.29) is 15.6 Å². The van der Waals surface area contributed by atoms with Crippen LogP contribution in [-0.4, -0.2) is 17.0 Å². The fraction of sp³-hybridized carbons (Fsp3) is 0.167. The monoisotopic (exact) mass is 335 g/mol. The van der Waals surface area contributed by atoms with Gasteiger partial charge in [0.25, 0.3) is 0 Å². The van der Waals surface area contributed by atoms with E-state index in [1.54, 1.807) is 19.1 Å². The number of aryl methyl sites for hydroxylation is 1. The van der Waals surface area contributed by atoms with Gasteiger partial charge in [-0.25, -0.2) is 10.8 Å². The summed E-state index contributed by atoms with van der Waals surface area (Å²) in [4.78, 5) is 15.1. The minimum Gasteiger partial charge on any atom is -0.421 e. The first-order valence-electron chi connectivity index (χ1n) is 5.59. The quantitative estimate of drug-likeness (QED) is 0.513. The van der Waals surface area contributed by atoms with Crippen molar-refractivity contribution in [1.82, 2.24) is 10.4 Å². The SMILES string of the molecule is Cc1ccc2c(Cl)cc(Cl)c(OC(F)(F)C(=O)NN)c2n1. The van der Waals surface area contributed by atoms with E-state index in [1.807, 2.05) is 0 Å². The van der Waals surface area contributed by atoms with E-state index < -0.39 is 17.8 Å². The summed E-state index contributed by atoms with van der Waals surface area (Å²) in [5, 5.41) is 0.391. The Hall–Kier alpha value is -1.70. The summed E-state index contributed by atoms with van der Waals surface area (Å²) in [5.74, 6) is 2.42. The number of hydrogen-bond donors (Lipinski definition) is 2. The lowest BCUT2D eigenvalue weighted by Gasteiger charge is -2.18. The Kier molecular flexibility index (Phi) is 4.18. The number of benzene rings is 1. The number of carbonyl (C=O) groups excluding carboxylic acids is 1. The van der Waals surface area contributed by atoms with Gasteiger partial charge in [-0.2, -0.15) is 8.78 Å². The standard InChI is InChI=1S/C12H9Cl2F2N3O2/c1-5-2-3-6-7(13)4-8(14)10(9(6)18-5)21-12(15,16)11(20)19-17/h2-4H,17H2,1H3,(H,19,20). The van der Waals surface area contributed by atoms with Crippen LogP contribution in [-0.2, 0) is 4.79 Å². The van der Waals surface area contributed by atoms with Gasteiger partial charge in [0.05, 0.1) is 10.0 Å². The largest absolute Gasteiger partial charge is 0.483 e. The molecule has 1 heterocycles. The number of pyridine rings is 1.